The molecule has 0 unspecified atom stereocenters. The molecule has 0 bridgehead atoms. The highest BCUT2D eigenvalue weighted by molar-refractivity contribution is 6.46. The molecule has 0 radical (unpaired) electrons. The van der Waals surface area contributed by atoms with Crippen LogP contribution in [-0.4, -0.2) is 23.8 Å². The van der Waals surface area contributed by atoms with Crippen molar-refractivity contribution in [1.29, 1.82) is 0 Å². The van der Waals surface area contributed by atoms with Gasteiger partial charge in [0, 0.05) is 18.3 Å². The van der Waals surface area contributed by atoms with Crippen LogP contribution in [0, 0.1) is 0 Å². The molecule has 3 amide bonds. The molecule has 0 fully saturated rings. The maximum atomic E-state index is 13.6. The quantitative estimate of drug-likeness (QED) is 0.499. The van der Waals surface area contributed by atoms with Gasteiger partial charge >= 0.3 is 0 Å². The predicted molar refractivity (Wildman–Crippen MR) is 132 cm³/mol. The van der Waals surface area contributed by atoms with E-state index in [0.29, 0.717) is 28.4 Å². The first kappa shape index (κ1) is 22.8. The molecule has 3 aromatic rings. The molecule has 3 aromatic carbocycles. The summed E-state index contributed by atoms with van der Waals surface area (Å²) in [6.07, 6.45) is -0.129. The van der Waals surface area contributed by atoms with Gasteiger partial charge in [-0.3, -0.25) is 14.4 Å². The second-order valence-corrected chi connectivity index (χ2v) is 8.08. The summed E-state index contributed by atoms with van der Waals surface area (Å²) in [6, 6.07) is 23.0. The van der Waals surface area contributed by atoms with Crippen molar-refractivity contribution in [2.24, 2.45) is 0 Å². The molecule has 0 saturated heterocycles. The van der Waals surface area contributed by atoms with Gasteiger partial charge in [-0.15, -0.1) is 0 Å². The summed E-state index contributed by atoms with van der Waals surface area (Å²) >= 11 is 0. The highest BCUT2D eigenvalue weighted by atomic mass is 16.5. The van der Waals surface area contributed by atoms with E-state index in [0.717, 1.165) is 4.90 Å². The van der Waals surface area contributed by atoms with Crippen molar-refractivity contribution >= 4 is 40.4 Å². The van der Waals surface area contributed by atoms with E-state index in [4.69, 9.17) is 4.74 Å². The zero-order valence-corrected chi connectivity index (χ0v) is 19.2. The highest BCUT2D eigenvalue weighted by Crippen LogP contribution is 2.38. The monoisotopic (exact) mass is 455 g/mol. The Morgan fingerprint density at radius 2 is 1.44 bits per heavy atom. The average Bonchev–Trinajstić information content (AvgIpc) is 3.04. The summed E-state index contributed by atoms with van der Waals surface area (Å²) in [5, 5.41) is 5.83. The van der Waals surface area contributed by atoms with E-state index in [9.17, 15) is 14.4 Å². The minimum atomic E-state index is -0.477. The lowest BCUT2D eigenvalue weighted by Crippen LogP contribution is -2.33. The maximum Gasteiger partial charge on any atom is 0.282 e. The summed E-state index contributed by atoms with van der Waals surface area (Å²) in [4.78, 5) is 39.7. The smallest absolute Gasteiger partial charge is 0.282 e. The molecule has 7 heteroatoms. The van der Waals surface area contributed by atoms with Crippen LogP contribution in [0.4, 0.5) is 17.1 Å². The van der Waals surface area contributed by atoms with Gasteiger partial charge in [0.2, 0.25) is 5.91 Å². The Balaban J connectivity index is 1.75. The Kier molecular flexibility index (Phi) is 6.45. The summed E-state index contributed by atoms with van der Waals surface area (Å²) in [6.45, 7) is 5.20. The number of hydrogen-bond acceptors (Lipinski definition) is 5. The first-order valence-electron chi connectivity index (χ1n) is 10.9. The van der Waals surface area contributed by atoms with E-state index in [-0.39, 0.29) is 23.3 Å². The number of nitrogens with zero attached hydrogens (tertiary/aromatic N) is 1. The van der Waals surface area contributed by atoms with Crippen molar-refractivity contribution in [2.45, 2.75) is 26.9 Å². The van der Waals surface area contributed by atoms with E-state index in [1.165, 1.54) is 6.92 Å². The minimum absolute atomic E-state index is 0.129. The first-order chi connectivity index (χ1) is 16.3. The normalized spacial score (nSPS) is 13.5. The van der Waals surface area contributed by atoms with Crippen molar-refractivity contribution in [3.05, 3.63) is 90.1 Å². The number of imide groups is 1. The van der Waals surface area contributed by atoms with Gasteiger partial charge in [-0.1, -0.05) is 42.5 Å². The number of rotatable bonds is 7. The van der Waals surface area contributed by atoms with Crippen LogP contribution in [0.5, 0.6) is 5.75 Å². The van der Waals surface area contributed by atoms with Crippen molar-refractivity contribution in [1.82, 2.24) is 0 Å². The van der Waals surface area contributed by atoms with Crippen molar-refractivity contribution < 1.29 is 19.1 Å². The lowest BCUT2D eigenvalue weighted by Gasteiger charge is -2.20. The number of hydrogen-bond donors (Lipinski definition) is 2. The summed E-state index contributed by atoms with van der Waals surface area (Å²) in [5.41, 5.74) is 2.69. The number of benzene rings is 3. The molecular formula is C27H25N3O4. The van der Waals surface area contributed by atoms with Crippen molar-refractivity contribution in [3.63, 3.8) is 0 Å². The summed E-state index contributed by atoms with van der Waals surface area (Å²) < 4.78 is 5.87. The Bertz CT molecular complexity index is 1260. The van der Waals surface area contributed by atoms with Gasteiger partial charge in [-0.2, -0.15) is 0 Å². The maximum absolute atomic E-state index is 13.6. The number of anilines is 3. The van der Waals surface area contributed by atoms with Crippen LogP contribution >= 0.6 is 0 Å². The molecule has 1 aliphatic heterocycles. The van der Waals surface area contributed by atoms with Crippen molar-refractivity contribution in [3.8, 4) is 5.75 Å². The molecular weight excluding hydrogens is 430 g/mol. The van der Waals surface area contributed by atoms with Crippen LogP contribution in [0.2, 0.25) is 0 Å². The number of carbonyl (C=O) groups excluding carboxylic acids is 3. The Hall–Kier alpha value is -4.39. The van der Waals surface area contributed by atoms with E-state index in [2.05, 4.69) is 10.6 Å². The Morgan fingerprint density at radius 1 is 0.824 bits per heavy atom. The predicted octanol–water partition coefficient (Wildman–Crippen LogP) is 4.83. The van der Waals surface area contributed by atoms with Crippen molar-refractivity contribution in [2.75, 3.05) is 15.5 Å². The molecule has 0 saturated carbocycles. The standard InChI is InChI=1S/C27H25N3O4/c1-17(2)34-23-12-8-7-11-22(23)30-26(32)24(19-9-5-4-6-10-19)25(27(30)33)29-21-15-13-20(14-16-21)28-18(3)31/h4-17,29H,1-3H3,(H,28,31). The second kappa shape index (κ2) is 9.62. The average molecular weight is 456 g/mol. The van der Waals surface area contributed by atoms with Crippen LogP contribution in [0.3, 0.4) is 0 Å². The molecule has 0 aromatic heterocycles. The molecule has 34 heavy (non-hydrogen) atoms. The van der Waals surface area contributed by atoms with E-state index >= 15 is 0 Å². The molecule has 0 spiro atoms. The van der Waals surface area contributed by atoms with Crippen LogP contribution in [0.1, 0.15) is 26.3 Å². The van der Waals surface area contributed by atoms with Crippen LogP contribution in [0.25, 0.3) is 5.57 Å². The van der Waals surface area contributed by atoms with Gasteiger partial charge in [0.15, 0.2) is 0 Å². The van der Waals surface area contributed by atoms with Crippen LogP contribution in [0.15, 0.2) is 84.6 Å². The topological polar surface area (TPSA) is 87.7 Å². The highest BCUT2D eigenvalue weighted by Gasteiger charge is 2.41. The van der Waals surface area contributed by atoms with E-state index in [1.54, 1.807) is 60.7 Å². The molecule has 172 valence electrons. The SMILES string of the molecule is CC(=O)Nc1ccc(NC2=C(c3ccccc3)C(=O)N(c3ccccc3OC(C)C)C2=O)cc1. The first-order valence-corrected chi connectivity index (χ1v) is 10.9. The molecule has 4 rings (SSSR count). The van der Waals surface area contributed by atoms with Gasteiger partial charge < -0.3 is 15.4 Å². The third kappa shape index (κ3) is 4.68. The zero-order chi connectivity index (χ0) is 24.2. The lowest BCUT2D eigenvalue weighted by atomic mass is 10.0. The third-order valence-electron chi connectivity index (χ3n) is 5.09. The van der Waals surface area contributed by atoms with Gasteiger partial charge in [-0.25, -0.2) is 4.90 Å². The number of ether oxygens (including phenoxy) is 1. The lowest BCUT2D eigenvalue weighted by molar-refractivity contribution is -0.120. The van der Waals surface area contributed by atoms with Gasteiger partial charge in [0.1, 0.15) is 11.4 Å². The Morgan fingerprint density at radius 3 is 2.09 bits per heavy atom. The number of nitrogens with one attached hydrogen (secondary N) is 2. The molecule has 0 aliphatic carbocycles. The second-order valence-electron chi connectivity index (χ2n) is 8.08. The van der Waals surface area contributed by atoms with Gasteiger partial charge in [-0.05, 0) is 55.8 Å². The zero-order valence-electron chi connectivity index (χ0n) is 19.2. The van der Waals surface area contributed by atoms with Gasteiger partial charge in [0.05, 0.1) is 17.4 Å². The van der Waals surface area contributed by atoms with Gasteiger partial charge in [0.25, 0.3) is 11.8 Å². The summed E-state index contributed by atoms with van der Waals surface area (Å²) in [5.74, 6) is -0.639. The fourth-order valence-corrected chi connectivity index (χ4v) is 3.72. The number of amides is 3. The van der Waals surface area contributed by atoms with Crippen LogP contribution in [-0.2, 0) is 14.4 Å². The largest absolute Gasteiger partial charge is 0.489 e. The van der Waals surface area contributed by atoms with E-state index in [1.807, 2.05) is 32.0 Å². The molecule has 1 aliphatic rings. The fourth-order valence-electron chi connectivity index (χ4n) is 3.72. The van der Waals surface area contributed by atoms with E-state index < -0.39 is 11.8 Å². The molecule has 7 nitrogen and oxygen atoms in total. The Labute approximate surface area is 198 Å². The number of para-hydroxylation sites is 2. The molecule has 1 heterocycles. The van der Waals surface area contributed by atoms with Crippen LogP contribution < -0.4 is 20.3 Å². The number of carbonyl (C=O) groups is 3. The molecule has 2 N–H and O–H groups in total. The summed E-state index contributed by atoms with van der Waals surface area (Å²) in [7, 11) is 0. The minimum Gasteiger partial charge on any atom is -0.489 e. The third-order valence-corrected chi connectivity index (χ3v) is 5.09. The fraction of sp³-hybridized carbons (Fsp3) is 0.148. The molecule has 0 atom stereocenters.